The van der Waals surface area contributed by atoms with Crippen LogP contribution in [0.4, 0.5) is 0 Å². The van der Waals surface area contributed by atoms with Gasteiger partial charge < -0.3 is 10.0 Å². The summed E-state index contributed by atoms with van der Waals surface area (Å²) in [6, 6.07) is 0. The number of aliphatic carboxylic acids is 1. The first-order chi connectivity index (χ1) is 8.22. The van der Waals surface area contributed by atoms with Crippen LogP contribution >= 0.6 is 0 Å². The largest absolute Gasteiger partial charge is 0.481 e. The van der Waals surface area contributed by atoms with Gasteiger partial charge in [0, 0.05) is 19.8 Å². The first-order valence-electron chi connectivity index (χ1n) is 5.88. The Kier molecular flexibility index (Phi) is 4.72. The smallest absolute Gasteiger partial charge is 0.307 e. The van der Waals surface area contributed by atoms with E-state index in [0.717, 1.165) is 12.7 Å². The number of carbonyl (C=O) groups is 2. The highest BCUT2D eigenvalue weighted by atomic mass is 32.2. The van der Waals surface area contributed by atoms with Gasteiger partial charge in [-0.15, -0.1) is 0 Å². The van der Waals surface area contributed by atoms with E-state index in [2.05, 4.69) is 0 Å². The summed E-state index contributed by atoms with van der Waals surface area (Å²) in [6.45, 7) is 0.112. The quantitative estimate of drug-likeness (QED) is 0.763. The molecule has 0 aromatic carbocycles. The number of carbonyl (C=O) groups excluding carboxylic acids is 1. The third-order valence-electron chi connectivity index (χ3n) is 3.32. The van der Waals surface area contributed by atoms with Gasteiger partial charge in [0.15, 0.2) is 0 Å². The van der Waals surface area contributed by atoms with Crippen molar-refractivity contribution >= 4 is 21.7 Å². The van der Waals surface area contributed by atoms with Crippen LogP contribution in [0.5, 0.6) is 0 Å². The molecule has 2 atom stereocenters. The third kappa shape index (κ3) is 3.97. The molecule has 18 heavy (non-hydrogen) atoms. The molecule has 1 fully saturated rings. The zero-order valence-electron chi connectivity index (χ0n) is 10.6. The Morgan fingerprint density at radius 1 is 1.28 bits per heavy atom. The fourth-order valence-electron chi connectivity index (χ4n) is 2.25. The molecule has 0 spiro atoms. The molecular formula is C11H19NO5S. The lowest BCUT2D eigenvalue weighted by Crippen LogP contribution is -2.39. The van der Waals surface area contributed by atoms with Crippen molar-refractivity contribution in [3.05, 3.63) is 0 Å². The van der Waals surface area contributed by atoms with Gasteiger partial charge in [0.1, 0.15) is 9.84 Å². The Hall–Kier alpha value is -1.11. The molecule has 0 aliphatic heterocycles. The van der Waals surface area contributed by atoms with Crippen molar-refractivity contribution in [3.8, 4) is 0 Å². The maximum atomic E-state index is 12.0. The number of rotatable bonds is 5. The van der Waals surface area contributed by atoms with Crippen molar-refractivity contribution in [3.63, 3.8) is 0 Å². The van der Waals surface area contributed by atoms with Crippen molar-refractivity contribution < 1.29 is 23.1 Å². The van der Waals surface area contributed by atoms with E-state index in [1.807, 2.05) is 0 Å². The second-order valence-electron chi connectivity index (χ2n) is 4.87. The molecule has 6 nitrogen and oxygen atoms in total. The molecule has 1 aliphatic carbocycles. The molecule has 1 aliphatic rings. The summed E-state index contributed by atoms with van der Waals surface area (Å²) < 4.78 is 22.0. The number of hydrogen-bond donors (Lipinski definition) is 1. The molecule has 1 amide bonds. The van der Waals surface area contributed by atoms with Crippen molar-refractivity contribution in [2.24, 2.45) is 11.8 Å². The van der Waals surface area contributed by atoms with Gasteiger partial charge in [0.05, 0.1) is 17.6 Å². The van der Waals surface area contributed by atoms with Crippen LogP contribution in [0.2, 0.25) is 0 Å². The fourth-order valence-corrected chi connectivity index (χ4v) is 2.85. The topological polar surface area (TPSA) is 91.8 Å². The maximum Gasteiger partial charge on any atom is 0.307 e. The van der Waals surface area contributed by atoms with E-state index in [1.54, 1.807) is 0 Å². The highest BCUT2D eigenvalue weighted by molar-refractivity contribution is 7.90. The number of amides is 1. The summed E-state index contributed by atoms with van der Waals surface area (Å²) in [5.41, 5.74) is 0. The van der Waals surface area contributed by atoms with Crippen molar-refractivity contribution in [1.82, 2.24) is 4.90 Å². The Morgan fingerprint density at radius 2 is 1.83 bits per heavy atom. The first kappa shape index (κ1) is 14.9. The van der Waals surface area contributed by atoms with Crippen LogP contribution in [-0.4, -0.2) is 55.9 Å². The zero-order valence-corrected chi connectivity index (χ0v) is 11.4. The fraction of sp³-hybridized carbons (Fsp3) is 0.818. The van der Waals surface area contributed by atoms with Gasteiger partial charge in [-0.05, 0) is 12.8 Å². The molecule has 0 bridgehead atoms. The molecule has 0 heterocycles. The van der Waals surface area contributed by atoms with Crippen LogP contribution in [0.1, 0.15) is 19.3 Å². The molecule has 2 unspecified atom stereocenters. The monoisotopic (exact) mass is 277 g/mol. The predicted octanol–water partition coefficient (Wildman–Crippen LogP) is -0.00970. The van der Waals surface area contributed by atoms with Crippen molar-refractivity contribution in [2.75, 3.05) is 25.6 Å². The second kappa shape index (κ2) is 5.69. The molecule has 0 aromatic rings. The van der Waals surface area contributed by atoms with Crippen molar-refractivity contribution in [1.29, 1.82) is 0 Å². The SMILES string of the molecule is CN(CCS(C)(=O)=O)C(=O)C1CCCC1C(=O)O. The highest BCUT2D eigenvalue weighted by Crippen LogP contribution is 2.33. The molecule has 1 saturated carbocycles. The van der Waals surface area contributed by atoms with Crippen LogP contribution < -0.4 is 0 Å². The predicted molar refractivity (Wildman–Crippen MR) is 65.8 cm³/mol. The van der Waals surface area contributed by atoms with E-state index in [9.17, 15) is 18.0 Å². The van der Waals surface area contributed by atoms with Gasteiger partial charge in [-0.2, -0.15) is 0 Å². The standard InChI is InChI=1S/C11H19NO5S/c1-12(6-7-18(2,16)17)10(13)8-4-3-5-9(8)11(14)15/h8-9H,3-7H2,1-2H3,(H,14,15). The van der Waals surface area contributed by atoms with E-state index < -0.39 is 27.6 Å². The molecule has 104 valence electrons. The summed E-state index contributed by atoms with van der Waals surface area (Å²) in [7, 11) is -1.60. The summed E-state index contributed by atoms with van der Waals surface area (Å²) in [5, 5.41) is 9.01. The molecule has 0 radical (unpaired) electrons. The molecule has 1 N–H and O–H groups in total. The van der Waals surface area contributed by atoms with Crippen molar-refractivity contribution in [2.45, 2.75) is 19.3 Å². The van der Waals surface area contributed by atoms with Crippen LogP contribution in [0.3, 0.4) is 0 Å². The first-order valence-corrected chi connectivity index (χ1v) is 7.94. The van der Waals surface area contributed by atoms with E-state index in [1.165, 1.54) is 11.9 Å². The van der Waals surface area contributed by atoms with Gasteiger partial charge in [-0.25, -0.2) is 8.42 Å². The molecule has 1 rings (SSSR count). The minimum atomic E-state index is -3.12. The van der Waals surface area contributed by atoms with E-state index in [0.29, 0.717) is 12.8 Å². The van der Waals surface area contributed by atoms with E-state index in [-0.39, 0.29) is 18.2 Å². The Labute approximate surface area is 107 Å². The minimum Gasteiger partial charge on any atom is -0.481 e. The Morgan fingerprint density at radius 3 is 2.33 bits per heavy atom. The summed E-state index contributed by atoms with van der Waals surface area (Å²) in [6.07, 6.45) is 2.93. The van der Waals surface area contributed by atoms with Gasteiger partial charge in [-0.1, -0.05) is 6.42 Å². The average molecular weight is 277 g/mol. The highest BCUT2D eigenvalue weighted by Gasteiger charge is 2.38. The van der Waals surface area contributed by atoms with E-state index >= 15 is 0 Å². The van der Waals surface area contributed by atoms with Gasteiger partial charge in [-0.3, -0.25) is 9.59 Å². The molecule has 0 saturated heterocycles. The summed E-state index contributed by atoms with van der Waals surface area (Å²) >= 11 is 0. The lowest BCUT2D eigenvalue weighted by molar-refractivity contribution is -0.148. The number of sulfone groups is 1. The third-order valence-corrected chi connectivity index (χ3v) is 4.25. The summed E-state index contributed by atoms with van der Waals surface area (Å²) in [4.78, 5) is 24.4. The lowest BCUT2D eigenvalue weighted by Gasteiger charge is -2.23. The van der Waals surface area contributed by atoms with Gasteiger partial charge >= 0.3 is 5.97 Å². The van der Waals surface area contributed by atoms with Crippen LogP contribution in [-0.2, 0) is 19.4 Å². The maximum absolute atomic E-state index is 12.0. The number of carboxylic acid groups (broad SMARTS) is 1. The van der Waals surface area contributed by atoms with Gasteiger partial charge in [0.25, 0.3) is 0 Å². The van der Waals surface area contributed by atoms with Gasteiger partial charge in [0.2, 0.25) is 5.91 Å². The zero-order chi connectivity index (χ0) is 13.9. The normalized spacial score (nSPS) is 23.9. The van der Waals surface area contributed by atoms with Crippen LogP contribution in [0.15, 0.2) is 0 Å². The molecular weight excluding hydrogens is 258 g/mol. The minimum absolute atomic E-state index is 0.0975. The number of carboxylic acids is 1. The Bertz CT molecular complexity index is 431. The van der Waals surface area contributed by atoms with Crippen LogP contribution in [0, 0.1) is 11.8 Å². The summed E-state index contributed by atoms with van der Waals surface area (Å²) in [5.74, 6) is -2.43. The second-order valence-corrected chi connectivity index (χ2v) is 7.13. The Balaban J connectivity index is 2.60. The number of hydrogen-bond acceptors (Lipinski definition) is 4. The lowest BCUT2D eigenvalue weighted by atomic mass is 9.95. The average Bonchev–Trinajstić information content (AvgIpc) is 2.72. The number of nitrogens with zero attached hydrogens (tertiary/aromatic N) is 1. The molecule has 7 heteroatoms. The molecule has 0 aromatic heterocycles. The van der Waals surface area contributed by atoms with E-state index in [4.69, 9.17) is 5.11 Å². The van der Waals surface area contributed by atoms with Crippen LogP contribution in [0.25, 0.3) is 0 Å².